The molecule has 0 spiro atoms. The highest BCUT2D eigenvalue weighted by atomic mass is 35.5. The molecule has 3 heteroatoms. The summed E-state index contributed by atoms with van der Waals surface area (Å²) < 4.78 is 0. The molecule has 1 aromatic carbocycles. The Kier molecular flexibility index (Phi) is 6.15. The standard InChI is InChI=1S/C16H27ClN2/c1-6-7-10-19(5)15-11-14(17)9-8-13(15)12-18-16(2,3)4/h8-9,11,18H,6-7,10,12H2,1-5H3. The molecule has 0 atom stereocenters. The van der Waals surface area contributed by atoms with Gasteiger partial charge in [-0.3, -0.25) is 0 Å². The Hall–Kier alpha value is -0.730. The van der Waals surface area contributed by atoms with Gasteiger partial charge < -0.3 is 10.2 Å². The van der Waals surface area contributed by atoms with E-state index in [1.807, 2.05) is 6.07 Å². The molecule has 0 saturated carbocycles. The minimum Gasteiger partial charge on any atom is -0.374 e. The Balaban J connectivity index is 2.85. The van der Waals surface area contributed by atoms with Crippen LogP contribution in [-0.2, 0) is 6.54 Å². The SMILES string of the molecule is CCCCN(C)c1cc(Cl)ccc1CNC(C)(C)C. The fourth-order valence-electron chi connectivity index (χ4n) is 1.92. The van der Waals surface area contributed by atoms with E-state index in [0.29, 0.717) is 0 Å². The van der Waals surface area contributed by atoms with Gasteiger partial charge in [-0.1, -0.05) is 31.0 Å². The highest BCUT2D eigenvalue weighted by Crippen LogP contribution is 2.25. The lowest BCUT2D eigenvalue weighted by Crippen LogP contribution is -2.35. The van der Waals surface area contributed by atoms with Crippen LogP contribution in [-0.4, -0.2) is 19.1 Å². The number of nitrogens with zero attached hydrogens (tertiary/aromatic N) is 1. The third kappa shape index (κ3) is 5.84. The number of hydrogen-bond donors (Lipinski definition) is 1. The summed E-state index contributed by atoms with van der Waals surface area (Å²) in [5, 5.41) is 4.34. The Morgan fingerprint density at radius 1 is 1.26 bits per heavy atom. The quantitative estimate of drug-likeness (QED) is 0.828. The van der Waals surface area contributed by atoms with E-state index in [4.69, 9.17) is 11.6 Å². The molecule has 2 nitrogen and oxygen atoms in total. The monoisotopic (exact) mass is 282 g/mol. The van der Waals surface area contributed by atoms with Gasteiger partial charge in [-0.2, -0.15) is 0 Å². The van der Waals surface area contributed by atoms with E-state index in [-0.39, 0.29) is 5.54 Å². The molecule has 1 rings (SSSR count). The minimum atomic E-state index is 0.124. The van der Waals surface area contributed by atoms with Gasteiger partial charge in [-0.05, 0) is 44.9 Å². The lowest BCUT2D eigenvalue weighted by atomic mass is 10.1. The first-order valence-electron chi connectivity index (χ1n) is 7.08. The normalized spacial score (nSPS) is 11.7. The summed E-state index contributed by atoms with van der Waals surface area (Å²) in [5.41, 5.74) is 2.66. The van der Waals surface area contributed by atoms with Crippen molar-refractivity contribution in [1.29, 1.82) is 0 Å². The van der Waals surface area contributed by atoms with Crippen LogP contribution in [0.1, 0.15) is 46.1 Å². The smallest absolute Gasteiger partial charge is 0.0426 e. The van der Waals surface area contributed by atoms with Crippen molar-refractivity contribution in [2.75, 3.05) is 18.5 Å². The third-order valence-corrected chi connectivity index (χ3v) is 3.35. The van der Waals surface area contributed by atoms with Gasteiger partial charge in [-0.25, -0.2) is 0 Å². The van der Waals surface area contributed by atoms with Crippen LogP contribution < -0.4 is 10.2 Å². The molecule has 108 valence electrons. The third-order valence-electron chi connectivity index (χ3n) is 3.11. The van der Waals surface area contributed by atoms with Gasteiger partial charge in [0, 0.05) is 36.4 Å². The molecular formula is C16H27ClN2. The number of anilines is 1. The van der Waals surface area contributed by atoms with E-state index < -0.39 is 0 Å². The highest BCUT2D eigenvalue weighted by Gasteiger charge is 2.12. The maximum absolute atomic E-state index is 6.14. The van der Waals surface area contributed by atoms with E-state index in [1.165, 1.54) is 24.1 Å². The second-order valence-electron chi connectivity index (χ2n) is 6.15. The molecule has 0 saturated heterocycles. The predicted octanol–water partition coefficient (Wildman–Crippen LogP) is 4.46. The van der Waals surface area contributed by atoms with Crippen LogP contribution in [0.25, 0.3) is 0 Å². The Labute approximate surface area is 123 Å². The predicted molar refractivity (Wildman–Crippen MR) is 86.2 cm³/mol. The van der Waals surface area contributed by atoms with E-state index in [2.05, 4.69) is 57.1 Å². The molecule has 0 bridgehead atoms. The number of hydrogen-bond acceptors (Lipinski definition) is 2. The van der Waals surface area contributed by atoms with Gasteiger partial charge in [-0.15, -0.1) is 0 Å². The molecule has 0 aliphatic heterocycles. The van der Waals surface area contributed by atoms with Crippen molar-refractivity contribution in [3.63, 3.8) is 0 Å². The number of nitrogens with one attached hydrogen (secondary N) is 1. The van der Waals surface area contributed by atoms with Crippen LogP contribution in [0, 0.1) is 0 Å². The molecule has 0 amide bonds. The summed E-state index contributed by atoms with van der Waals surface area (Å²) >= 11 is 6.14. The van der Waals surface area contributed by atoms with Gasteiger partial charge in [0.25, 0.3) is 0 Å². The average molecular weight is 283 g/mol. The molecule has 0 fully saturated rings. The van der Waals surface area contributed by atoms with Crippen LogP contribution >= 0.6 is 11.6 Å². The van der Waals surface area contributed by atoms with Gasteiger partial charge in [0.2, 0.25) is 0 Å². The summed E-state index contributed by atoms with van der Waals surface area (Å²) in [6.07, 6.45) is 2.41. The molecule has 0 aliphatic carbocycles. The molecule has 0 aromatic heterocycles. The van der Waals surface area contributed by atoms with Crippen molar-refractivity contribution < 1.29 is 0 Å². The Morgan fingerprint density at radius 3 is 2.53 bits per heavy atom. The summed E-state index contributed by atoms with van der Waals surface area (Å²) in [7, 11) is 2.14. The highest BCUT2D eigenvalue weighted by molar-refractivity contribution is 6.30. The van der Waals surface area contributed by atoms with Crippen molar-refractivity contribution in [2.45, 2.75) is 52.6 Å². The lowest BCUT2D eigenvalue weighted by molar-refractivity contribution is 0.424. The first kappa shape index (κ1) is 16.3. The summed E-state index contributed by atoms with van der Waals surface area (Å²) in [6, 6.07) is 6.16. The summed E-state index contributed by atoms with van der Waals surface area (Å²) in [6.45, 7) is 10.7. The number of benzene rings is 1. The van der Waals surface area contributed by atoms with Crippen molar-refractivity contribution >= 4 is 17.3 Å². The molecule has 1 N–H and O–H groups in total. The maximum atomic E-state index is 6.14. The molecular weight excluding hydrogens is 256 g/mol. The number of halogens is 1. The number of unbranched alkanes of at least 4 members (excludes halogenated alkanes) is 1. The Morgan fingerprint density at radius 2 is 1.95 bits per heavy atom. The first-order chi connectivity index (χ1) is 8.83. The fraction of sp³-hybridized carbons (Fsp3) is 0.625. The largest absolute Gasteiger partial charge is 0.374 e. The zero-order valence-corrected chi connectivity index (χ0v) is 13.6. The zero-order chi connectivity index (χ0) is 14.5. The van der Waals surface area contributed by atoms with Gasteiger partial charge in [0.05, 0.1) is 0 Å². The summed E-state index contributed by atoms with van der Waals surface area (Å²) in [4.78, 5) is 2.30. The topological polar surface area (TPSA) is 15.3 Å². The van der Waals surface area contributed by atoms with Gasteiger partial charge >= 0.3 is 0 Å². The molecule has 0 unspecified atom stereocenters. The second-order valence-corrected chi connectivity index (χ2v) is 6.59. The van der Waals surface area contributed by atoms with Crippen molar-refractivity contribution in [2.24, 2.45) is 0 Å². The molecule has 19 heavy (non-hydrogen) atoms. The summed E-state index contributed by atoms with van der Waals surface area (Å²) in [5.74, 6) is 0. The van der Waals surface area contributed by atoms with E-state index in [9.17, 15) is 0 Å². The van der Waals surface area contributed by atoms with Crippen LogP contribution in [0.4, 0.5) is 5.69 Å². The van der Waals surface area contributed by atoms with Crippen LogP contribution in [0.3, 0.4) is 0 Å². The Bertz CT molecular complexity index is 396. The van der Waals surface area contributed by atoms with Crippen molar-refractivity contribution in [1.82, 2.24) is 5.32 Å². The van der Waals surface area contributed by atoms with Gasteiger partial charge in [0.15, 0.2) is 0 Å². The first-order valence-corrected chi connectivity index (χ1v) is 7.46. The van der Waals surface area contributed by atoms with Crippen molar-refractivity contribution in [3.8, 4) is 0 Å². The van der Waals surface area contributed by atoms with E-state index in [0.717, 1.165) is 18.1 Å². The lowest BCUT2D eigenvalue weighted by Gasteiger charge is -2.26. The van der Waals surface area contributed by atoms with E-state index >= 15 is 0 Å². The van der Waals surface area contributed by atoms with Crippen LogP contribution in [0.2, 0.25) is 5.02 Å². The van der Waals surface area contributed by atoms with Gasteiger partial charge in [0.1, 0.15) is 0 Å². The van der Waals surface area contributed by atoms with Crippen LogP contribution in [0.15, 0.2) is 18.2 Å². The molecule has 0 radical (unpaired) electrons. The molecule has 1 aromatic rings. The molecule has 0 heterocycles. The average Bonchev–Trinajstić information content (AvgIpc) is 2.33. The minimum absolute atomic E-state index is 0.124. The van der Waals surface area contributed by atoms with Crippen LogP contribution in [0.5, 0.6) is 0 Å². The molecule has 0 aliphatic rings. The maximum Gasteiger partial charge on any atom is 0.0426 e. The zero-order valence-electron chi connectivity index (χ0n) is 12.9. The van der Waals surface area contributed by atoms with Crippen molar-refractivity contribution in [3.05, 3.63) is 28.8 Å². The fourth-order valence-corrected chi connectivity index (χ4v) is 2.08. The number of rotatable bonds is 6. The second kappa shape index (κ2) is 7.16. The van der Waals surface area contributed by atoms with E-state index in [1.54, 1.807) is 0 Å².